The fraction of sp³-hybridized carbons (Fsp3) is 0.452. The topological polar surface area (TPSA) is 159 Å². The number of nitrogen functional groups attached to an aromatic ring is 1. The minimum Gasteiger partial charge on any atom is -0.461 e. The second-order valence-corrected chi connectivity index (χ2v) is 15.7. The lowest BCUT2D eigenvalue weighted by Gasteiger charge is -2.38. The zero-order valence-corrected chi connectivity index (χ0v) is 33.8. The normalized spacial score (nSPS) is 17.4. The minimum atomic E-state index is -4.82. The van der Waals surface area contributed by atoms with Crippen LogP contribution in [0.1, 0.15) is 59.6 Å². The summed E-state index contributed by atoms with van der Waals surface area (Å²) in [5, 5.41) is 4.14. The van der Waals surface area contributed by atoms with Crippen LogP contribution in [0.25, 0.3) is 11.4 Å². The number of carbonyl (C=O) groups is 3. The highest BCUT2D eigenvalue weighted by molar-refractivity contribution is 6.33. The maximum atomic E-state index is 14.1. The standard InChI is InChI=1S/C42H48ClF3N8O6/c43-34-26-28(25-33(36(34)47)42(44,45)46)27-35(60-41(58)53-17-13-32(14-18-53)54-40(57)48-37(49-54)29-7-3-1-4-8-29)38(55)52-21-19-51(20-22-52)31-11-9-30(10-12-31)39(56)59-24-23-50-15-5-2-6-16-50/h1,3-4,7-12,25-26,32,35H,2,5-6,13-24,27,47H2,(H,48,49,57)/t35-/m1/s1. The van der Waals surface area contributed by atoms with Crippen molar-refractivity contribution < 1.29 is 37.0 Å². The molecule has 0 radical (unpaired) electrons. The number of H-pyrrole nitrogens is 1. The Labute approximate surface area is 349 Å². The zero-order chi connectivity index (χ0) is 42.4. The van der Waals surface area contributed by atoms with Gasteiger partial charge in [-0.25, -0.2) is 19.1 Å². The predicted molar refractivity (Wildman–Crippen MR) is 219 cm³/mol. The molecule has 3 aliphatic heterocycles. The maximum absolute atomic E-state index is 14.1. The van der Waals surface area contributed by atoms with Gasteiger partial charge in [0, 0.05) is 63.5 Å². The van der Waals surface area contributed by atoms with Crippen molar-refractivity contribution in [2.45, 2.75) is 56.8 Å². The summed E-state index contributed by atoms with van der Waals surface area (Å²) < 4.78 is 54.4. The largest absolute Gasteiger partial charge is 0.461 e. The van der Waals surface area contributed by atoms with Crippen LogP contribution < -0.4 is 16.3 Å². The van der Waals surface area contributed by atoms with Crippen LogP contribution in [-0.2, 0) is 26.9 Å². The highest BCUT2D eigenvalue weighted by Gasteiger charge is 2.37. The number of benzene rings is 3. The lowest BCUT2D eigenvalue weighted by Crippen LogP contribution is -2.53. The number of alkyl halides is 3. The highest BCUT2D eigenvalue weighted by atomic mass is 35.5. The number of piperidine rings is 2. The summed E-state index contributed by atoms with van der Waals surface area (Å²) in [7, 11) is 0. The molecule has 320 valence electrons. The van der Waals surface area contributed by atoms with E-state index in [2.05, 4.69) is 15.0 Å². The van der Waals surface area contributed by atoms with Crippen LogP contribution in [0.2, 0.25) is 5.02 Å². The molecule has 1 aromatic heterocycles. The van der Waals surface area contributed by atoms with Gasteiger partial charge >= 0.3 is 23.9 Å². The summed E-state index contributed by atoms with van der Waals surface area (Å²) in [4.78, 5) is 63.3. The summed E-state index contributed by atoms with van der Waals surface area (Å²) in [6.07, 6.45) is -3.19. The number of aromatic amines is 1. The number of amides is 2. The number of nitrogens with two attached hydrogens (primary N) is 1. The molecule has 3 fully saturated rings. The number of anilines is 2. The van der Waals surface area contributed by atoms with Crippen LogP contribution in [-0.4, -0.2) is 119 Å². The van der Waals surface area contributed by atoms with E-state index in [1.54, 1.807) is 12.1 Å². The summed E-state index contributed by atoms with van der Waals surface area (Å²) in [5.41, 5.74) is 5.53. The molecule has 4 aromatic rings. The Morgan fingerprint density at radius 1 is 0.883 bits per heavy atom. The van der Waals surface area contributed by atoms with Crippen molar-refractivity contribution in [1.29, 1.82) is 0 Å². The monoisotopic (exact) mass is 852 g/mol. The quantitative estimate of drug-likeness (QED) is 0.138. The number of hydrogen-bond acceptors (Lipinski definition) is 10. The number of nitrogens with one attached hydrogen (secondary N) is 1. The molecule has 3 aromatic carbocycles. The Morgan fingerprint density at radius 3 is 2.23 bits per heavy atom. The first-order chi connectivity index (χ1) is 28.8. The Balaban J connectivity index is 0.984. The first-order valence-corrected chi connectivity index (χ1v) is 20.6. The number of ether oxygens (including phenoxy) is 2. The third-order valence-corrected chi connectivity index (χ3v) is 11.7. The van der Waals surface area contributed by atoms with Crippen LogP contribution >= 0.6 is 11.6 Å². The first-order valence-electron chi connectivity index (χ1n) is 20.2. The maximum Gasteiger partial charge on any atom is 0.418 e. The predicted octanol–water partition coefficient (Wildman–Crippen LogP) is 5.87. The number of nitrogens with zero attached hydrogens (tertiary/aromatic N) is 6. The number of carbonyl (C=O) groups excluding carboxylic acids is 3. The third-order valence-electron chi connectivity index (χ3n) is 11.3. The Morgan fingerprint density at radius 2 is 1.57 bits per heavy atom. The van der Waals surface area contributed by atoms with Crippen LogP contribution in [0.5, 0.6) is 0 Å². The van der Waals surface area contributed by atoms with E-state index in [1.165, 1.54) is 27.0 Å². The van der Waals surface area contributed by atoms with Crippen LogP contribution in [0, 0.1) is 0 Å². The van der Waals surface area contributed by atoms with Crippen molar-refractivity contribution in [3.63, 3.8) is 0 Å². The smallest absolute Gasteiger partial charge is 0.418 e. The van der Waals surface area contributed by atoms with E-state index in [0.29, 0.717) is 50.5 Å². The molecule has 3 saturated heterocycles. The number of rotatable bonds is 11. The van der Waals surface area contributed by atoms with Gasteiger partial charge in [-0.05, 0) is 80.7 Å². The summed E-state index contributed by atoms with van der Waals surface area (Å²) in [6.45, 7) is 4.72. The van der Waals surface area contributed by atoms with Crippen molar-refractivity contribution in [2.24, 2.45) is 0 Å². The van der Waals surface area contributed by atoms with E-state index in [0.717, 1.165) is 43.2 Å². The van der Waals surface area contributed by atoms with Gasteiger partial charge in [-0.3, -0.25) is 14.7 Å². The van der Waals surface area contributed by atoms with E-state index >= 15 is 0 Å². The molecule has 3 N–H and O–H groups in total. The Hall–Kier alpha value is -5.55. The number of halogens is 4. The van der Waals surface area contributed by atoms with Gasteiger partial charge in [-0.15, -0.1) is 5.10 Å². The molecule has 7 rings (SSSR count). The molecule has 4 heterocycles. The molecule has 3 aliphatic rings. The molecule has 18 heteroatoms. The van der Waals surface area contributed by atoms with Gasteiger partial charge in [0.2, 0.25) is 0 Å². The Kier molecular flexibility index (Phi) is 13.3. The van der Waals surface area contributed by atoms with E-state index in [9.17, 15) is 32.3 Å². The van der Waals surface area contributed by atoms with Crippen LogP contribution in [0.3, 0.4) is 0 Å². The molecule has 0 aliphatic carbocycles. The van der Waals surface area contributed by atoms with Crippen LogP contribution in [0.15, 0.2) is 71.5 Å². The molecule has 14 nitrogen and oxygen atoms in total. The second kappa shape index (κ2) is 18.8. The van der Waals surface area contributed by atoms with Crippen molar-refractivity contribution in [2.75, 3.05) is 76.1 Å². The van der Waals surface area contributed by atoms with Crippen molar-refractivity contribution >= 4 is 40.9 Å². The van der Waals surface area contributed by atoms with Gasteiger partial charge in [0.25, 0.3) is 5.91 Å². The van der Waals surface area contributed by atoms with Gasteiger partial charge in [0.05, 0.1) is 27.9 Å². The average Bonchev–Trinajstić information content (AvgIpc) is 3.66. The van der Waals surface area contributed by atoms with E-state index in [-0.39, 0.29) is 54.9 Å². The third kappa shape index (κ3) is 10.2. The molecule has 0 unspecified atom stereocenters. The fourth-order valence-electron chi connectivity index (χ4n) is 7.95. The molecular formula is C42H48ClF3N8O6. The van der Waals surface area contributed by atoms with E-state index in [4.69, 9.17) is 26.8 Å². The van der Waals surface area contributed by atoms with Crippen molar-refractivity contribution in [1.82, 2.24) is 29.5 Å². The lowest BCUT2D eigenvalue weighted by atomic mass is 10.0. The minimum absolute atomic E-state index is 0.0160. The molecule has 60 heavy (non-hydrogen) atoms. The molecular weight excluding hydrogens is 805 g/mol. The van der Waals surface area contributed by atoms with Gasteiger partial charge in [0.1, 0.15) is 6.61 Å². The molecule has 0 spiro atoms. The number of esters is 1. The molecule has 2 amide bonds. The van der Waals surface area contributed by atoms with Gasteiger partial charge in [-0.2, -0.15) is 13.2 Å². The van der Waals surface area contributed by atoms with Crippen LogP contribution in [0.4, 0.5) is 29.3 Å². The number of likely N-dealkylation sites (tertiary alicyclic amines) is 2. The molecule has 0 saturated carbocycles. The van der Waals surface area contributed by atoms with Gasteiger partial charge < -0.3 is 29.9 Å². The molecule has 0 bridgehead atoms. The lowest BCUT2D eigenvalue weighted by molar-refractivity contribution is -0.141. The van der Waals surface area contributed by atoms with E-state index in [1.807, 2.05) is 47.4 Å². The van der Waals surface area contributed by atoms with E-state index < -0.39 is 41.5 Å². The second-order valence-electron chi connectivity index (χ2n) is 15.3. The summed E-state index contributed by atoms with van der Waals surface area (Å²) in [6, 6.07) is 18.0. The van der Waals surface area contributed by atoms with Gasteiger partial charge in [-0.1, -0.05) is 48.4 Å². The number of hydrogen-bond donors (Lipinski definition) is 2. The number of piperazine rings is 1. The zero-order valence-electron chi connectivity index (χ0n) is 33.0. The summed E-state index contributed by atoms with van der Waals surface area (Å²) >= 11 is 6.13. The van der Waals surface area contributed by atoms with Crippen molar-refractivity contribution in [3.05, 3.63) is 98.9 Å². The van der Waals surface area contributed by atoms with Gasteiger partial charge in [0.15, 0.2) is 11.9 Å². The SMILES string of the molecule is Nc1c(Cl)cc(C[C@@H](OC(=O)N2CCC(n3nc(-c4ccccc4)[nH]c3=O)CC2)C(=O)N2CCN(c3ccc(C(=O)OCCN4CCCCC4)cc3)CC2)cc1C(F)(F)F. The average molecular weight is 853 g/mol. The Bertz CT molecular complexity index is 2180. The molecule has 1 atom stereocenters. The number of aromatic nitrogens is 3. The fourth-order valence-corrected chi connectivity index (χ4v) is 8.19. The van der Waals surface area contributed by atoms with Crippen molar-refractivity contribution in [3.8, 4) is 11.4 Å². The first kappa shape index (κ1) is 42.6. The highest BCUT2D eigenvalue weighted by Crippen LogP contribution is 2.38. The summed E-state index contributed by atoms with van der Waals surface area (Å²) in [5.74, 6) is -0.539.